The van der Waals surface area contributed by atoms with Crippen molar-refractivity contribution in [3.63, 3.8) is 0 Å². The summed E-state index contributed by atoms with van der Waals surface area (Å²) in [6.07, 6.45) is 8.81. The Kier molecular flexibility index (Phi) is 6.68. The minimum absolute atomic E-state index is 0.00446. The van der Waals surface area contributed by atoms with Crippen molar-refractivity contribution in [3.8, 4) is 0 Å². The van der Waals surface area contributed by atoms with Crippen LogP contribution in [0.5, 0.6) is 0 Å². The average molecular weight is 416 g/mol. The number of benzene rings is 1. The molecule has 3 N–H and O–H groups in total. The second kappa shape index (κ2) is 9.41. The Hall–Kier alpha value is -1.69. The van der Waals surface area contributed by atoms with Crippen LogP contribution in [0.4, 0.5) is 4.79 Å². The second-order valence-electron chi connectivity index (χ2n) is 9.19. The number of thioether (sulfide) groups is 1. The monoisotopic (exact) mass is 415 g/mol. The van der Waals surface area contributed by atoms with E-state index in [0.717, 1.165) is 49.2 Å². The molecule has 0 heterocycles. The predicted molar refractivity (Wildman–Crippen MR) is 117 cm³/mol. The summed E-state index contributed by atoms with van der Waals surface area (Å²) in [4.78, 5) is 25.6. The van der Waals surface area contributed by atoms with Gasteiger partial charge in [0, 0.05) is 29.9 Å². The molecule has 4 saturated carbocycles. The molecule has 1 aromatic rings. The summed E-state index contributed by atoms with van der Waals surface area (Å²) >= 11 is 1.80. The van der Waals surface area contributed by atoms with Gasteiger partial charge < -0.3 is 16.0 Å². The molecule has 4 bridgehead atoms. The van der Waals surface area contributed by atoms with Crippen LogP contribution in [0.1, 0.15) is 51.4 Å². The van der Waals surface area contributed by atoms with E-state index in [1.807, 2.05) is 18.2 Å². The average Bonchev–Trinajstić information content (AvgIpc) is 2.67. The molecule has 0 atom stereocenters. The Morgan fingerprint density at radius 3 is 2.24 bits per heavy atom. The molecular formula is C23H33N3O2S. The maximum absolute atomic E-state index is 12.4. The molecule has 5 nitrogen and oxygen atoms in total. The van der Waals surface area contributed by atoms with Crippen LogP contribution in [0, 0.1) is 17.8 Å². The first-order valence-electron chi connectivity index (χ1n) is 11.1. The third-order valence-electron chi connectivity index (χ3n) is 6.71. The van der Waals surface area contributed by atoms with E-state index in [1.54, 1.807) is 11.8 Å². The summed E-state index contributed by atoms with van der Waals surface area (Å²) in [6, 6.07) is 10.2. The number of nitrogens with one attached hydrogen (secondary N) is 3. The molecule has 0 aliphatic heterocycles. The van der Waals surface area contributed by atoms with Gasteiger partial charge in [0.2, 0.25) is 5.91 Å². The van der Waals surface area contributed by atoms with Crippen LogP contribution in [0.3, 0.4) is 0 Å². The molecule has 0 radical (unpaired) electrons. The van der Waals surface area contributed by atoms with Crippen molar-refractivity contribution in [2.45, 2.75) is 61.8 Å². The van der Waals surface area contributed by atoms with E-state index < -0.39 is 0 Å². The van der Waals surface area contributed by atoms with Crippen molar-refractivity contribution < 1.29 is 9.59 Å². The lowest BCUT2D eigenvalue weighted by atomic mass is 9.53. The third-order valence-corrected chi connectivity index (χ3v) is 7.81. The van der Waals surface area contributed by atoms with Crippen LogP contribution < -0.4 is 16.0 Å². The van der Waals surface area contributed by atoms with E-state index in [1.165, 1.54) is 24.2 Å². The molecule has 158 valence electrons. The number of hydrogen-bond donors (Lipinski definition) is 3. The van der Waals surface area contributed by atoms with E-state index in [-0.39, 0.29) is 17.5 Å². The van der Waals surface area contributed by atoms with Crippen molar-refractivity contribution in [2.24, 2.45) is 17.8 Å². The lowest BCUT2D eigenvalue weighted by molar-refractivity contribution is -0.120. The highest BCUT2D eigenvalue weighted by molar-refractivity contribution is 7.99. The SMILES string of the molecule is O=C(CCNC(=O)NC12CC3CC(CC(C3)C1)C2)NCCCSc1ccccc1. The van der Waals surface area contributed by atoms with E-state index in [4.69, 9.17) is 0 Å². The van der Waals surface area contributed by atoms with Gasteiger partial charge in [0.1, 0.15) is 0 Å². The maximum Gasteiger partial charge on any atom is 0.315 e. The van der Waals surface area contributed by atoms with Crippen molar-refractivity contribution >= 4 is 23.7 Å². The number of hydrogen-bond acceptors (Lipinski definition) is 3. The highest BCUT2D eigenvalue weighted by Crippen LogP contribution is 2.55. The molecule has 4 aliphatic carbocycles. The van der Waals surface area contributed by atoms with Crippen LogP contribution in [0.2, 0.25) is 0 Å². The minimum Gasteiger partial charge on any atom is -0.356 e. The Morgan fingerprint density at radius 2 is 1.59 bits per heavy atom. The first kappa shape index (κ1) is 20.6. The Morgan fingerprint density at radius 1 is 0.931 bits per heavy atom. The van der Waals surface area contributed by atoms with Gasteiger partial charge in [0.15, 0.2) is 0 Å². The Labute approximate surface area is 178 Å². The lowest BCUT2D eigenvalue weighted by Crippen LogP contribution is -2.61. The van der Waals surface area contributed by atoms with Gasteiger partial charge in [-0.05, 0) is 80.6 Å². The van der Waals surface area contributed by atoms with E-state index >= 15 is 0 Å². The van der Waals surface area contributed by atoms with Gasteiger partial charge >= 0.3 is 6.03 Å². The maximum atomic E-state index is 12.4. The summed E-state index contributed by atoms with van der Waals surface area (Å²) in [6.45, 7) is 1.07. The number of urea groups is 1. The van der Waals surface area contributed by atoms with E-state index in [0.29, 0.717) is 19.5 Å². The van der Waals surface area contributed by atoms with Gasteiger partial charge in [-0.15, -0.1) is 11.8 Å². The quantitative estimate of drug-likeness (QED) is 0.423. The molecule has 3 amide bonds. The molecule has 4 fully saturated rings. The number of carbonyl (C=O) groups is 2. The van der Waals surface area contributed by atoms with Gasteiger partial charge in [-0.3, -0.25) is 4.79 Å². The zero-order chi connectivity index (χ0) is 20.1. The zero-order valence-electron chi connectivity index (χ0n) is 17.1. The highest BCUT2D eigenvalue weighted by atomic mass is 32.2. The van der Waals surface area contributed by atoms with Crippen LogP contribution in [0.15, 0.2) is 35.2 Å². The molecule has 0 spiro atoms. The first-order chi connectivity index (χ1) is 14.1. The molecule has 0 unspecified atom stereocenters. The molecule has 0 saturated heterocycles. The topological polar surface area (TPSA) is 70.2 Å². The van der Waals surface area contributed by atoms with Crippen molar-refractivity contribution in [2.75, 3.05) is 18.8 Å². The van der Waals surface area contributed by atoms with Gasteiger partial charge in [0.05, 0.1) is 0 Å². The van der Waals surface area contributed by atoms with Gasteiger partial charge in [-0.1, -0.05) is 18.2 Å². The zero-order valence-corrected chi connectivity index (χ0v) is 17.9. The van der Waals surface area contributed by atoms with Gasteiger partial charge in [-0.25, -0.2) is 4.79 Å². The molecule has 1 aromatic carbocycles. The van der Waals surface area contributed by atoms with Crippen molar-refractivity contribution in [1.82, 2.24) is 16.0 Å². The van der Waals surface area contributed by atoms with Crippen molar-refractivity contribution in [1.29, 1.82) is 0 Å². The summed E-state index contributed by atoms with van der Waals surface area (Å²) in [5.74, 6) is 3.42. The number of amides is 3. The molecule has 6 heteroatoms. The van der Waals surface area contributed by atoms with E-state index in [2.05, 4.69) is 28.1 Å². The minimum atomic E-state index is -0.0981. The predicted octanol–water partition coefficient (Wildman–Crippen LogP) is 3.94. The molecule has 4 aliphatic rings. The first-order valence-corrected chi connectivity index (χ1v) is 12.1. The highest BCUT2D eigenvalue weighted by Gasteiger charge is 2.51. The number of carbonyl (C=O) groups excluding carboxylic acids is 2. The molecule has 29 heavy (non-hydrogen) atoms. The van der Waals surface area contributed by atoms with Gasteiger partial charge in [-0.2, -0.15) is 0 Å². The summed E-state index contributed by atoms with van der Waals surface area (Å²) in [5.41, 5.74) is 0.0253. The lowest BCUT2D eigenvalue weighted by Gasteiger charge is -2.56. The Balaban J connectivity index is 1.07. The largest absolute Gasteiger partial charge is 0.356 e. The number of rotatable bonds is 9. The Bertz CT molecular complexity index is 674. The van der Waals surface area contributed by atoms with Crippen LogP contribution >= 0.6 is 11.8 Å². The molecular weight excluding hydrogens is 382 g/mol. The molecule has 0 aromatic heterocycles. The summed E-state index contributed by atoms with van der Waals surface area (Å²) < 4.78 is 0. The fraction of sp³-hybridized carbons (Fsp3) is 0.652. The van der Waals surface area contributed by atoms with E-state index in [9.17, 15) is 9.59 Å². The summed E-state index contributed by atoms with van der Waals surface area (Å²) in [5, 5.41) is 9.13. The van der Waals surface area contributed by atoms with Gasteiger partial charge in [0.25, 0.3) is 0 Å². The summed E-state index contributed by atoms with van der Waals surface area (Å²) in [7, 11) is 0. The van der Waals surface area contributed by atoms with Crippen molar-refractivity contribution in [3.05, 3.63) is 30.3 Å². The molecule has 5 rings (SSSR count). The normalized spacial score (nSPS) is 29.4. The second-order valence-corrected chi connectivity index (χ2v) is 10.4. The smallest absolute Gasteiger partial charge is 0.315 e. The fourth-order valence-electron chi connectivity index (χ4n) is 5.93. The standard InChI is InChI=1S/C23H33N3O2S/c27-21(24-8-4-10-29-20-5-2-1-3-6-20)7-9-25-22(28)26-23-14-17-11-18(15-23)13-19(12-17)16-23/h1-3,5-6,17-19H,4,7-16H2,(H,24,27)(H2,25,26,28). The van der Waals surface area contributed by atoms with Crippen LogP contribution in [0.25, 0.3) is 0 Å². The third kappa shape index (κ3) is 5.68. The van der Waals surface area contributed by atoms with Crippen LogP contribution in [-0.2, 0) is 4.79 Å². The fourth-order valence-corrected chi connectivity index (χ4v) is 6.81. The van der Waals surface area contributed by atoms with Crippen LogP contribution in [-0.4, -0.2) is 36.3 Å².